The van der Waals surface area contributed by atoms with Crippen LogP contribution in [0.4, 0.5) is 0 Å². The van der Waals surface area contributed by atoms with Crippen molar-refractivity contribution in [3.8, 4) is 0 Å². The third-order valence-corrected chi connectivity index (χ3v) is 8.27. The van der Waals surface area contributed by atoms with E-state index in [1.165, 1.54) is 0 Å². The molecule has 1 N–H and O–H groups in total. The van der Waals surface area contributed by atoms with Crippen molar-refractivity contribution in [2.45, 2.75) is 36.6 Å². The zero-order chi connectivity index (χ0) is 22.1. The van der Waals surface area contributed by atoms with Crippen LogP contribution in [-0.4, -0.2) is 88.1 Å². The fourth-order valence-electron chi connectivity index (χ4n) is 4.18. The molecule has 31 heavy (non-hydrogen) atoms. The number of sulfonamides is 1. The molecule has 2 aliphatic heterocycles. The van der Waals surface area contributed by atoms with Gasteiger partial charge in [-0.2, -0.15) is 16.5 Å². The summed E-state index contributed by atoms with van der Waals surface area (Å²) in [7, 11) is -3.73. The summed E-state index contributed by atoms with van der Waals surface area (Å²) >= 11 is 1.62. The van der Waals surface area contributed by atoms with Gasteiger partial charge in [0.15, 0.2) is 0 Å². The van der Waals surface area contributed by atoms with E-state index in [0.29, 0.717) is 25.4 Å². The number of nitrogens with one attached hydrogen (secondary N) is 1. The van der Waals surface area contributed by atoms with Crippen LogP contribution in [0.1, 0.15) is 25.7 Å². The molecule has 0 spiro atoms. The first-order valence-electron chi connectivity index (χ1n) is 11.1. The number of carbonyl (C=O) groups excluding carboxylic acids is 1. The monoisotopic (exact) mass is 469 g/mol. The van der Waals surface area contributed by atoms with E-state index < -0.39 is 16.1 Å². The molecule has 9 heteroatoms. The van der Waals surface area contributed by atoms with Crippen LogP contribution < -0.4 is 4.72 Å². The van der Waals surface area contributed by atoms with Crippen LogP contribution in [0.25, 0.3) is 0 Å². The first-order valence-corrected chi connectivity index (χ1v) is 14.0. The molecule has 1 amide bonds. The Morgan fingerprint density at radius 2 is 1.84 bits per heavy atom. The lowest BCUT2D eigenvalue weighted by molar-refractivity contribution is -0.134. The summed E-state index contributed by atoms with van der Waals surface area (Å²) in [4.78, 5) is 17.7. The topological polar surface area (TPSA) is 79.0 Å². The first kappa shape index (κ1) is 24.5. The van der Waals surface area contributed by atoms with Crippen molar-refractivity contribution < 1.29 is 17.9 Å². The second kappa shape index (κ2) is 12.2. The normalized spacial score (nSPS) is 20.0. The Kier molecular flexibility index (Phi) is 9.65. The average Bonchev–Trinajstić information content (AvgIpc) is 2.81. The van der Waals surface area contributed by atoms with Crippen molar-refractivity contribution in [1.29, 1.82) is 0 Å². The number of hydrogen-bond donors (Lipinski definition) is 1. The van der Waals surface area contributed by atoms with E-state index in [2.05, 4.69) is 9.62 Å². The molecule has 2 saturated heterocycles. The lowest BCUT2D eigenvalue weighted by atomic mass is 9.93. The van der Waals surface area contributed by atoms with E-state index in [1.54, 1.807) is 42.1 Å². The summed E-state index contributed by atoms with van der Waals surface area (Å²) in [6, 6.07) is 7.54. The predicted molar refractivity (Wildman–Crippen MR) is 125 cm³/mol. The maximum atomic E-state index is 13.2. The van der Waals surface area contributed by atoms with Crippen molar-refractivity contribution in [2.75, 3.05) is 57.9 Å². The molecule has 2 heterocycles. The van der Waals surface area contributed by atoms with Gasteiger partial charge in [-0.25, -0.2) is 8.42 Å². The third-order valence-electron chi connectivity index (χ3n) is 6.14. The number of benzene rings is 1. The Hall–Kier alpha value is -1.13. The Bertz CT molecular complexity index is 777. The highest BCUT2D eigenvalue weighted by molar-refractivity contribution is 7.98. The number of piperidine rings is 1. The van der Waals surface area contributed by atoms with Crippen molar-refractivity contribution in [3.63, 3.8) is 0 Å². The minimum Gasteiger partial charge on any atom is -0.379 e. The highest BCUT2D eigenvalue weighted by atomic mass is 32.2. The minimum absolute atomic E-state index is 0.0971. The molecule has 2 aliphatic rings. The van der Waals surface area contributed by atoms with Gasteiger partial charge in [-0.15, -0.1) is 0 Å². The van der Waals surface area contributed by atoms with Crippen LogP contribution >= 0.6 is 11.8 Å². The lowest BCUT2D eigenvalue weighted by Gasteiger charge is -2.35. The number of morpholine rings is 1. The quantitative estimate of drug-likeness (QED) is 0.565. The minimum atomic E-state index is -3.73. The SMILES string of the molecule is CSCCC(NS(=O)(=O)c1ccccc1)C(=O)N1CCC(CCN2CCOCC2)CC1. The summed E-state index contributed by atoms with van der Waals surface area (Å²) in [6.45, 7) is 6.17. The summed E-state index contributed by atoms with van der Waals surface area (Å²) in [6.07, 6.45) is 5.57. The molecule has 0 saturated carbocycles. The zero-order valence-corrected chi connectivity index (χ0v) is 20.0. The highest BCUT2D eigenvalue weighted by Gasteiger charge is 2.31. The molecule has 0 radical (unpaired) electrons. The van der Waals surface area contributed by atoms with E-state index in [0.717, 1.165) is 57.9 Å². The zero-order valence-electron chi connectivity index (χ0n) is 18.4. The average molecular weight is 470 g/mol. The van der Waals surface area contributed by atoms with Gasteiger partial charge in [-0.1, -0.05) is 18.2 Å². The van der Waals surface area contributed by atoms with Gasteiger partial charge >= 0.3 is 0 Å². The maximum Gasteiger partial charge on any atom is 0.241 e. The van der Waals surface area contributed by atoms with Gasteiger partial charge < -0.3 is 9.64 Å². The van der Waals surface area contributed by atoms with Crippen molar-refractivity contribution >= 4 is 27.7 Å². The number of amides is 1. The van der Waals surface area contributed by atoms with E-state index in [-0.39, 0.29) is 10.8 Å². The Morgan fingerprint density at radius 1 is 1.16 bits per heavy atom. The van der Waals surface area contributed by atoms with Gasteiger partial charge in [0.1, 0.15) is 6.04 Å². The smallest absolute Gasteiger partial charge is 0.241 e. The van der Waals surface area contributed by atoms with Crippen LogP contribution in [0.3, 0.4) is 0 Å². The largest absolute Gasteiger partial charge is 0.379 e. The number of thioether (sulfide) groups is 1. The summed E-state index contributed by atoms with van der Waals surface area (Å²) in [5, 5.41) is 0. The van der Waals surface area contributed by atoms with Crippen LogP contribution in [0.15, 0.2) is 35.2 Å². The Balaban J connectivity index is 1.53. The van der Waals surface area contributed by atoms with Gasteiger partial charge in [0.2, 0.25) is 15.9 Å². The van der Waals surface area contributed by atoms with Crippen molar-refractivity contribution in [1.82, 2.24) is 14.5 Å². The molecule has 0 aromatic heterocycles. The number of likely N-dealkylation sites (tertiary alicyclic amines) is 1. The molecule has 1 unspecified atom stereocenters. The summed E-state index contributed by atoms with van der Waals surface area (Å²) < 4.78 is 33.6. The van der Waals surface area contributed by atoms with Crippen molar-refractivity contribution in [3.05, 3.63) is 30.3 Å². The molecule has 0 aliphatic carbocycles. The van der Waals surface area contributed by atoms with E-state index in [9.17, 15) is 13.2 Å². The second-order valence-corrected chi connectivity index (χ2v) is 11.0. The molecule has 0 bridgehead atoms. The van der Waals surface area contributed by atoms with Crippen LogP contribution in [0.2, 0.25) is 0 Å². The molecule has 174 valence electrons. The Labute approximate surface area is 190 Å². The number of rotatable bonds is 10. The van der Waals surface area contributed by atoms with E-state index >= 15 is 0 Å². The summed E-state index contributed by atoms with van der Waals surface area (Å²) in [5.74, 6) is 1.25. The van der Waals surface area contributed by atoms with E-state index in [1.807, 2.05) is 11.2 Å². The molecule has 3 rings (SSSR count). The molecule has 1 atom stereocenters. The van der Waals surface area contributed by atoms with Gasteiger partial charge in [0, 0.05) is 26.2 Å². The fourth-order valence-corrected chi connectivity index (χ4v) is 5.89. The number of ether oxygens (including phenoxy) is 1. The number of carbonyl (C=O) groups is 1. The van der Waals surface area contributed by atoms with Gasteiger partial charge in [-0.3, -0.25) is 9.69 Å². The molecule has 2 fully saturated rings. The predicted octanol–water partition coefficient (Wildman–Crippen LogP) is 2.05. The van der Waals surface area contributed by atoms with Crippen LogP contribution in [0, 0.1) is 5.92 Å². The van der Waals surface area contributed by atoms with Crippen LogP contribution in [-0.2, 0) is 19.6 Å². The highest BCUT2D eigenvalue weighted by Crippen LogP contribution is 2.22. The van der Waals surface area contributed by atoms with Crippen LogP contribution in [0.5, 0.6) is 0 Å². The van der Waals surface area contributed by atoms with Crippen molar-refractivity contribution in [2.24, 2.45) is 5.92 Å². The molecular formula is C22H35N3O4S2. The maximum absolute atomic E-state index is 13.2. The van der Waals surface area contributed by atoms with Gasteiger partial charge in [0.05, 0.1) is 18.1 Å². The Morgan fingerprint density at radius 3 is 2.48 bits per heavy atom. The molecule has 1 aromatic carbocycles. The number of hydrogen-bond acceptors (Lipinski definition) is 6. The fraction of sp³-hybridized carbons (Fsp3) is 0.682. The van der Waals surface area contributed by atoms with Gasteiger partial charge in [-0.05, 0) is 62.3 Å². The third kappa shape index (κ3) is 7.46. The van der Waals surface area contributed by atoms with Gasteiger partial charge in [0.25, 0.3) is 0 Å². The number of nitrogens with zero attached hydrogens (tertiary/aromatic N) is 2. The summed E-state index contributed by atoms with van der Waals surface area (Å²) in [5.41, 5.74) is 0. The van der Waals surface area contributed by atoms with E-state index in [4.69, 9.17) is 4.74 Å². The lowest BCUT2D eigenvalue weighted by Crippen LogP contribution is -2.51. The molecule has 7 nitrogen and oxygen atoms in total. The standard InChI is InChI=1S/C22H35N3O4S2/c1-30-18-10-21(23-31(27,28)20-5-3-2-4-6-20)22(26)25-12-8-19(9-13-25)7-11-24-14-16-29-17-15-24/h2-6,19,21,23H,7-18H2,1H3. The molecule has 1 aromatic rings. The second-order valence-electron chi connectivity index (χ2n) is 8.28. The molecular weight excluding hydrogens is 434 g/mol. The first-order chi connectivity index (χ1) is 15.0.